The fourth-order valence-electron chi connectivity index (χ4n) is 3.42. The number of benzene rings is 1. The van der Waals surface area contributed by atoms with Crippen LogP contribution in [0.15, 0.2) is 36.5 Å². The highest BCUT2D eigenvalue weighted by Gasteiger charge is 2.29. The van der Waals surface area contributed by atoms with Crippen molar-refractivity contribution in [2.75, 3.05) is 13.1 Å². The van der Waals surface area contributed by atoms with Crippen LogP contribution in [-0.4, -0.2) is 35.1 Å². The normalized spacial score (nSPS) is 27.1. The SMILES string of the molecule is CC1C(N)CCN(CCc2cccc3cccnc23)C1C. The highest BCUT2D eigenvalue weighted by Crippen LogP contribution is 2.23. The first-order chi connectivity index (χ1) is 10.2. The average molecular weight is 283 g/mol. The van der Waals surface area contributed by atoms with Gasteiger partial charge in [-0.2, -0.15) is 0 Å². The lowest BCUT2D eigenvalue weighted by atomic mass is 9.87. The second-order valence-electron chi connectivity index (χ2n) is 6.33. The van der Waals surface area contributed by atoms with Gasteiger partial charge in [0, 0.05) is 30.2 Å². The third-order valence-electron chi connectivity index (χ3n) is 5.15. The molecule has 0 saturated carbocycles. The van der Waals surface area contributed by atoms with E-state index < -0.39 is 0 Å². The van der Waals surface area contributed by atoms with Gasteiger partial charge in [0.15, 0.2) is 0 Å². The van der Waals surface area contributed by atoms with Crippen LogP contribution in [0.3, 0.4) is 0 Å². The Bertz CT molecular complexity index is 605. The maximum absolute atomic E-state index is 6.18. The summed E-state index contributed by atoms with van der Waals surface area (Å²) in [5.41, 5.74) is 8.67. The van der Waals surface area contributed by atoms with Crippen molar-refractivity contribution in [2.24, 2.45) is 11.7 Å². The first-order valence-electron chi connectivity index (χ1n) is 7.99. The number of aromatic nitrogens is 1. The predicted molar refractivity (Wildman–Crippen MR) is 88.2 cm³/mol. The van der Waals surface area contributed by atoms with Crippen LogP contribution in [0.1, 0.15) is 25.8 Å². The molecule has 0 amide bonds. The van der Waals surface area contributed by atoms with Crippen LogP contribution in [0, 0.1) is 5.92 Å². The molecule has 3 rings (SSSR count). The zero-order chi connectivity index (χ0) is 14.8. The lowest BCUT2D eigenvalue weighted by Gasteiger charge is -2.41. The number of nitrogens with two attached hydrogens (primary N) is 1. The Morgan fingerprint density at radius 1 is 1.24 bits per heavy atom. The van der Waals surface area contributed by atoms with Gasteiger partial charge in [-0.15, -0.1) is 0 Å². The molecule has 21 heavy (non-hydrogen) atoms. The first kappa shape index (κ1) is 14.5. The van der Waals surface area contributed by atoms with Gasteiger partial charge in [0.2, 0.25) is 0 Å². The summed E-state index contributed by atoms with van der Waals surface area (Å²) in [6.45, 7) is 6.80. The topological polar surface area (TPSA) is 42.1 Å². The quantitative estimate of drug-likeness (QED) is 0.942. The fraction of sp³-hybridized carbons (Fsp3) is 0.500. The van der Waals surface area contributed by atoms with E-state index in [0.29, 0.717) is 18.0 Å². The highest BCUT2D eigenvalue weighted by molar-refractivity contribution is 5.81. The smallest absolute Gasteiger partial charge is 0.0734 e. The molecule has 0 radical (unpaired) electrons. The molecule has 1 aliphatic rings. The van der Waals surface area contributed by atoms with Gasteiger partial charge in [-0.25, -0.2) is 0 Å². The summed E-state index contributed by atoms with van der Waals surface area (Å²) in [4.78, 5) is 7.13. The molecule has 0 bridgehead atoms. The summed E-state index contributed by atoms with van der Waals surface area (Å²) in [7, 11) is 0. The molecule has 3 atom stereocenters. The lowest BCUT2D eigenvalue weighted by Crippen LogP contribution is -2.52. The molecule has 0 aliphatic carbocycles. The Kier molecular flexibility index (Phi) is 4.22. The summed E-state index contributed by atoms with van der Waals surface area (Å²) in [5.74, 6) is 0.574. The molecule has 2 aromatic rings. The van der Waals surface area contributed by atoms with Crippen LogP contribution >= 0.6 is 0 Å². The third kappa shape index (κ3) is 2.94. The minimum Gasteiger partial charge on any atom is -0.327 e. The van der Waals surface area contributed by atoms with Gasteiger partial charge in [-0.1, -0.05) is 31.2 Å². The van der Waals surface area contributed by atoms with Gasteiger partial charge in [-0.3, -0.25) is 9.88 Å². The molecule has 3 nitrogen and oxygen atoms in total. The van der Waals surface area contributed by atoms with Gasteiger partial charge in [0.25, 0.3) is 0 Å². The molecule has 3 heteroatoms. The number of nitrogens with zero attached hydrogens (tertiary/aromatic N) is 2. The Morgan fingerprint density at radius 2 is 2.05 bits per heavy atom. The second kappa shape index (κ2) is 6.12. The number of rotatable bonds is 3. The molecule has 0 spiro atoms. The van der Waals surface area contributed by atoms with Crippen LogP contribution in [-0.2, 0) is 6.42 Å². The summed E-state index contributed by atoms with van der Waals surface area (Å²) in [6, 6.07) is 11.5. The minimum absolute atomic E-state index is 0.357. The Hall–Kier alpha value is -1.45. The molecule has 2 N–H and O–H groups in total. The summed E-state index contributed by atoms with van der Waals surface area (Å²) in [5, 5.41) is 1.23. The van der Waals surface area contributed by atoms with E-state index in [4.69, 9.17) is 5.73 Å². The molecule has 1 saturated heterocycles. The highest BCUT2D eigenvalue weighted by atomic mass is 15.2. The second-order valence-corrected chi connectivity index (χ2v) is 6.33. The average Bonchev–Trinajstić information content (AvgIpc) is 2.52. The predicted octanol–water partition coefficient (Wildman–Crippen LogP) is 2.83. The number of likely N-dealkylation sites (tertiary alicyclic amines) is 1. The molecule has 1 aliphatic heterocycles. The molecule has 1 aromatic heterocycles. The molecule has 2 heterocycles. The number of hydrogen-bond acceptors (Lipinski definition) is 3. The van der Waals surface area contributed by atoms with Crippen molar-refractivity contribution in [3.8, 4) is 0 Å². The molecule has 3 unspecified atom stereocenters. The van der Waals surface area contributed by atoms with E-state index in [0.717, 1.165) is 31.4 Å². The summed E-state index contributed by atoms with van der Waals surface area (Å²) in [6.07, 6.45) is 4.05. The van der Waals surface area contributed by atoms with Crippen LogP contribution in [0.4, 0.5) is 0 Å². The van der Waals surface area contributed by atoms with Crippen molar-refractivity contribution in [3.05, 3.63) is 42.1 Å². The van der Waals surface area contributed by atoms with Crippen molar-refractivity contribution in [1.29, 1.82) is 0 Å². The summed E-state index contributed by atoms with van der Waals surface area (Å²) < 4.78 is 0. The van der Waals surface area contributed by atoms with E-state index in [2.05, 4.69) is 48.0 Å². The minimum atomic E-state index is 0.357. The summed E-state index contributed by atoms with van der Waals surface area (Å²) >= 11 is 0. The number of hydrogen-bond donors (Lipinski definition) is 1. The van der Waals surface area contributed by atoms with Gasteiger partial charge in [-0.05, 0) is 43.9 Å². The number of para-hydroxylation sites is 1. The lowest BCUT2D eigenvalue weighted by molar-refractivity contribution is 0.0993. The van der Waals surface area contributed by atoms with Crippen molar-refractivity contribution < 1.29 is 0 Å². The van der Waals surface area contributed by atoms with Crippen LogP contribution in [0.25, 0.3) is 10.9 Å². The molecule has 1 fully saturated rings. The van der Waals surface area contributed by atoms with E-state index in [9.17, 15) is 0 Å². The Labute approximate surface area is 127 Å². The molecule has 112 valence electrons. The Balaban J connectivity index is 1.72. The number of pyridine rings is 1. The van der Waals surface area contributed by atoms with Crippen molar-refractivity contribution >= 4 is 10.9 Å². The maximum atomic E-state index is 6.18. The molecular formula is C18H25N3. The first-order valence-corrected chi connectivity index (χ1v) is 7.99. The zero-order valence-electron chi connectivity index (χ0n) is 13.0. The van der Waals surface area contributed by atoms with Gasteiger partial charge in [0.05, 0.1) is 5.52 Å². The van der Waals surface area contributed by atoms with Crippen molar-refractivity contribution in [1.82, 2.24) is 9.88 Å². The number of fused-ring (bicyclic) bond motifs is 1. The van der Waals surface area contributed by atoms with Gasteiger partial charge in [0.1, 0.15) is 0 Å². The molecule has 1 aromatic carbocycles. The van der Waals surface area contributed by atoms with Crippen LogP contribution < -0.4 is 5.73 Å². The van der Waals surface area contributed by atoms with Gasteiger partial charge >= 0.3 is 0 Å². The fourth-order valence-corrected chi connectivity index (χ4v) is 3.42. The van der Waals surface area contributed by atoms with Crippen molar-refractivity contribution in [2.45, 2.75) is 38.8 Å². The largest absolute Gasteiger partial charge is 0.327 e. The standard InChI is InChI=1S/C18H25N3/c1-13-14(2)21(12-9-17(13)19)11-8-16-6-3-5-15-7-4-10-20-18(15)16/h3-7,10,13-14,17H,8-9,11-12,19H2,1-2H3. The van der Waals surface area contributed by atoms with E-state index in [-0.39, 0.29) is 0 Å². The van der Waals surface area contributed by atoms with E-state index >= 15 is 0 Å². The monoisotopic (exact) mass is 283 g/mol. The maximum Gasteiger partial charge on any atom is 0.0734 e. The van der Waals surface area contributed by atoms with Gasteiger partial charge < -0.3 is 5.73 Å². The van der Waals surface area contributed by atoms with Crippen LogP contribution in [0.2, 0.25) is 0 Å². The third-order valence-corrected chi connectivity index (χ3v) is 5.15. The van der Waals surface area contributed by atoms with E-state index in [1.54, 1.807) is 0 Å². The van der Waals surface area contributed by atoms with Crippen LogP contribution in [0.5, 0.6) is 0 Å². The molecular weight excluding hydrogens is 258 g/mol. The van der Waals surface area contributed by atoms with Crippen molar-refractivity contribution in [3.63, 3.8) is 0 Å². The Morgan fingerprint density at radius 3 is 2.90 bits per heavy atom. The number of piperidine rings is 1. The van der Waals surface area contributed by atoms with E-state index in [1.807, 2.05) is 12.3 Å². The zero-order valence-corrected chi connectivity index (χ0v) is 13.0. The van der Waals surface area contributed by atoms with E-state index in [1.165, 1.54) is 10.9 Å².